The predicted octanol–water partition coefficient (Wildman–Crippen LogP) is 1.83. The number of carbonyl (C=O) groups excluding carboxylic acids is 1. The van der Waals surface area contributed by atoms with Crippen LogP contribution in [0.4, 0.5) is 0 Å². The Morgan fingerprint density at radius 3 is 3.06 bits per heavy atom. The van der Waals surface area contributed by atoms with Crippen molar-refractivity contribution in [3.05, 3.63) is 42.1 Å². The second kappa shape index (κ2) is 4.93. The van der Waals surface area contributed by atoms with E-state index < -0.39 is 12.1 Å². The Kier molecular flexibility index (Phi) is 3.35. The molecule has 0 aliphatic heterocycles. The first kappa shape index (κ1) is 11.5. The number of aliphatic hydroxyl groups excluding tert-OH is 1. The number of aromatic nitrogens is 1. The van der Waals surface area contributed by atoms with Crippen LogP contribution in [0.2, 0.25) is 0 Å². The Balaban J connectivity index is 2.26. The predicted molar refractivity (Wildman–Crippen MR) is 63.3 cm³/mol. The smallest absolute Gasteiger partial charge is 0.308 e. The van der Waals surface area contributed by atoms with E-state index >= 15 is 0 Å². The third kappa shape index (κ3) is 2.60. The SMILES string of the molecule is COC(=O)CC(O)c1ccc2ncccc2c1. The summed E-state index contributed by atoms with van der Waals surface area (Å²) in [4.78, 5) is 15.3. The van der Waals surface area contributed by atoms with E-state index in [1.807, 2.05) is 24.3 Å². The summed E-state index contributed by atoms with van der Waals surface area (Å²) in [5, 5.41) is 10.8. The molecule has 0 saturated heterocycles. The molecule has 1 heterocycles. The summed E-state index contributed by atoms with van der Waals surface area (Å²) in [7, 11) is 1.30. The summed E-state index contributed by atoms with van der Waals surface area (Å²) >= 11 is 0. The van der Waals surface area contributed by atoms with E-state index in [1.54, 1.807) is 12.3 Å². The van der Waals surface area contributed by atoms with Crippen molar-refractivity contribution in [3.8, 4) is 0 Å². The van der Waals surface area contributed by atoms with Gasteiger partial charge in [-0.15, -0.1) is 0 Å². The molecule has 0 radical (unpaired) electrons. The fourth-order valence-corrected chi connectivity index (χ4v) is 1.66. The molecule has 88 valence electrons. The van der Waals surface area contributed by atoms with Crippen LogP contribution in [0.3, 0.4) is 0 Å². The van der Waals surface area contributed by atoms with Crippen molar-refractivity contribution in [2.45, 2.75) is 12.5 Å². The number of methoxy groups -OCH3 is 1. The van der Waals surface area contributed by atoms with Gasteiger partial charge in [0.25, 0.3) is 0 Å². The van der Waals surface area contributed by atoms with E-state index in [2.05, 4.69) is 9.72 Å². The van der Waals surface area contributed by atoms with Gasteiger partial charge in [0, 0.05) is 11.6 Å². The van der Waals surface area contributed by atoms with Gasteiger partial charge in [-0.3, -0.25) is 9.78 Å². The number of rotatable bonds is 3. The first-order chi connectivity index (χ1) is 8.20. The van der Waals surface area contributed by atoms with Gasteiger partial charge in [-0.2, -0.15) is 0 Å². The van der Waals surface area contributed by atoms with Crippen molar-refractivity contribution >= 4 is 16.9 Å². The highest BCUT2D eigenvalue weighted by Crippen LogP contribution is 2.21. The Labute approximate surface area is 98.9 Å². The molecular weight excluding hydrogens is 218 g/mol. The van der Waals surface area contributed by atoms with Gasteiger partial charge in [0.15, 0.2) is 0 Å². The van der Waals surface area contributed by atoms with Crippen LogP contribution in [0.15, 0.2) is 36.5 Å². The molecule has 1 atom stereocenters. The second-order valence-corrected chi connectivity index (χ2v) is 3.75. The highest BCUT2D eigenvalue weighted by atomic mass is 16.5. The molecule has 17 heavy (non-hydrogen) atoms. The largest absolute Gasteiger partial charge is 0.469 e. The van der Waals surface area contributed by atoms with E-state index in [-0.39, 0.29) is 6.42 Å². The van der Waals surface area contributed by atoms with Gasteiger partial charge >= 0.3 is 5.97 Å². The van der Waals surface area contributed by atoms with Crippen molar-refractivity contribution in [1.29, 1.82) is 0 Å². The molecular formula is C13H13NO3. The average molecular weight is 231 g/mol. The number of ether oxygens (including phenoxy) is 1. The van der Waals surface area contributed by atoms with Gasteiger partial charge in [-0.25, -0.2) is 0 Å². The maximum absolute atomic E-state index is 11.1. The summed E-state index contributed by atoms with van der Waals surface area (Å²) in [6.45, 7) is 0. The van der Waals surface area contributed by atoms with Gasteiger partial charge in [0.2, 0.25) is 0 Å². The molecule has 2 rings (SSSR count). The quantitative estimate of drug-likeness (QED) is 0.819. The zero-order valence-corrected chi connectivity index (χ0v) is 9.46. The first-order valence-electron chi connectivity index (χ1n) is 5.30. The summed E-state index contributed by atoms with van der Waals surface area (Å²) in [5.41, 5.74) is 1.55. The molecule has 0 aliphatic carbocycles. The number of aliphatic hydroxyl groups is 1. The third-order valence-corrected chi connectivity index (χ3v) is 2.60. The van der Waals surface area contributed by atoms with Gasteiger partial charge in [0.1, 0.15) is 0 Å². The lowest BCUT2D eigenvalue weighted by Gasteiger charge is -2.10. The zero-order valence-electron chi connectivity index (χ0n) is 9.46. The third-order valence-electron chi connectivity index (χ3n) is 2.60. The van der Waals surface area contributed by atoms with Gasteiger partial charge < -0.3 is 9.84 Å². The Morgan fingerprint density at radius 2 is 2.29 bits per heavy atom. The molecule has 4 nitrogen and oxygen atoms in total. The van der Waals surface area contributed by atoms with Crippen LogP contribution in [-0.4, -0.2) is 23.2 Å². The summed E-state index contributed by atoms with van der Waals surface area (Å²) in [6.07, 6.45) is 0.835. The second-order valence-electron chi connectivity index (χ2n) is 3.75. The lowest BCUT2D eigenvalue weighted by Crippen LogP contribution is -2.07. The van der Waals surface area contributed by atoms with Crippen LogP contribution < -0.4 is 0 Å². The van der Waals surface area contributed by atoms with E-state index in [1.165, 1.54) is 7.11 Å². The van der Waals surface area contributed by atoms with E-state index in [0.717, 1.165) is 10.9 Å². The minimum atomic E-state index is -0.841. The normalized spacial score (nSPS) is 12.4. The van der Waals surface area contributed by atoms with Crippen LogP contribution in [0.1, 0.15) is 18.1 Å². The number of fused-ring (bicyclic) bond motifs is 1. The van der Waals surface area contributed by atoms with E-state index in [4.69, 9.17) is 0 Å². The molecule has 0 bridgehead atoms. The number of hydrogen-bond donors (Lipinski definition) is 1. The van der Waals surface area contributed by atoms with Crippen LogP contribution >= 0.6 is 0 Å². The Hall–Kier alpha value is -1.94. The molecule has 1 unspecified atom stereocenters. The number of pyridine rings is 1. The monoisotopic (exact) mass is 231 g/mol. The number of nitrogens with zero attached hydrogens (tertiary/aromatic N) is 1. The van der Waals surface area contributed by atoms with Crippen molar-refractivity contribution < 1.29 is 14.6 Å². The van der Waals surface area contributed by atoms with Gasteiger partial charge in [-0.05, 0) is 23.8 Å². The van der Waals surface area contributed by atoms with Crippen molar-refractivity contribution in [1.82, 2.24) is 4.98 Å². The average Bonchev–Trinajstić information content (AvgIpc) is 2.38. The fourth-order valence-electron chi connectivity index (χ4n) is 1.66. The fraction of sp³-hybridized carbons (Fsp3) is 0.231. The molecule has 0 aliphatic rings. The van der Waals surface area contributed by atoms with Gasteiger partial charge in [0.05, 0.1) is 25.2 Å². The molecule has 1 N–H and O–H groups in total. The Morgan fingerprint density at radius 1 is 1.47 bits per heavy atom. The van der Waals surface area contributed by atoms with Crippen LogP contribution in [0, 0.1) is 0 Å². The minimum Gasteiger partial charge on any atom is -0.469 e. The summed E-state index contributed by atoms with van der Waals surface area (Å²) in [6, 6.07) is 9.17. The highest BCUT2D eigenvalue weighted by Gasteiger charge is 2.13. The minimum absolute atomic E-state index is 0.0394. The maximum atomic E-state index is 11.1. The lowest BCUT2D eigenvalue weighted by atomic mass is 10.0. The Bertz CT molecular complexity index is 539. The van der Waals surface area contributed by atoms with Crippen LogP contribution in [-0.2, 0) is 9.53 Å². The molecule has 4 heteroatoms. The molecule has 0 amide bonds. The number of carbonyl (C=O) groups is 1. The van der Waals surface area contributed by atoms with E-state index in [9.17, 15) is 9.90 Å². The molecule has 2 aromatic rings. The first-order valence-corrected chi connectivity index (χ1v) is 5.30. The van der Waals surface area contributed by atoms with Gasteiger partial charge in [-0.1, -0.05) is 12.1 Å². The zero-order chi connectivity index (χ0) is 12.3. The summed E-state index contributed by atoms with van der Waals surface area (Å²) in [5.74, 6) is -0.427. The van der Waals surface area contributed by atoms with Crippen molar-refractivity contribution in [2.24, 2.45) is 0 Å². The number of esters is 1. The molecule has 0 saturated carbocycles. The number of benzene rings is 1. The lowest BCUT2D eigenvalue weighted by molar-refractivity contribution is -0.142. The molecule has 1 aromatic heterocycles. The molecule has 0 fully saturated rings. The molecule has 1 aromatic carbocycles. The van der Waals surface area contributed by atoms with Crippen molar-refractivity contribution in [3.63, 3.8) is 0 Å². The summed E-state index contributed by atoms with van der Waals surface area (Å²) < 4.78 is 4.52. The molecule has 0 spiro atoms. The topological polar surface area (TPSA) is 59.4 Å². The maximum Gasteiger partial charge on any atom is 0.308 e. The van der Waals surface area contributed by atoms with Crippen LogP contribution in [0.25, 0.3) is 10.9 Å². The van der Waals surface area contributed by atoms with Crippen LogP contribution in [0.5, 0.6) is 0 Å². The standard InChI is InChI=1S/C13H13NO3/c1-17-13(16)8-12(15)10-4-5-11-9(7-10)3-2-6-14-11/h2-7,12,15H,8H2,1H3. The number of hydrogen-bond acceptors (Lipinski definition) is 4. The van der Waals surface area contributed by atoms with Crippen molar-refractivity contribution in [2.75, 3.05) is 7.11 Å². The highest BCUT2D eigenvalue weighted by molar-refractivity contribution is 5.79. The van der Waals surface area contributed by atoms with E-state index in [0.29, 0.717) is 5.56 Å².